The summed E-state index contributed by atoms with van der Waals surface area (Å²) in [6, 6.07) is 16.5. The molecule has 0 aliphatic carbocycles. The summed E-state index contributed by atoms with van der Waals surface area (Å²) in [5, 5.41) is 8.99. The van der Waals surface area contributed by atoms with Gasteiger partial charge in [-0.05, 0) is 82.7 Å². The van der Waals surface area contributed by atoms with E-state index < -0.39 is 0 Å². The van der Waals surface area contributed by atoms with Crippen molar-refractivity contribution in [3.8, 4) is 0 Å². The first-order valence-corrected chi connectivity index (χ1v) is 16.1. The molecular formula is C38H58FN5O2. The maximum Gasteiger partial charge on any atom is 0.208 e. The smallest absolute Gasteiger partial charge is 0.208 e. The minimum Gasteiger partial charge on any atom is -0.343 e. The Bertz CT molecular complexity index is 1160. The molecule has 0 bridgehead atoms. The lowest BCUT2D eigenvalue weighted by atomic mass is 10.0. The number of likely N-dealkylation sites (N-methyl/N-ethyl adjacent to an activating group) is 2. The molecule has 2 aromatic carbocycles. The van der Waals surface area contributed by atoms with E-state index in [1.807, 2.05) is 70.3 Å². The van der Waals surface area contributed by atoms with Gasteiger partial charge < -0.3 is 30.5 Å². The normalized spacial score (nSPS) is 12.3. The van der Waals surface area contributed by atoms with Gasteiger partial charge in [-0.2, -0.15) is 0 Å². The van der Waals surface area contributed by atoms with Gasteiger partial charge in [0.25, 0.3) is 0 Å². The third-order valence-corrected chi connectivity index (χ3v) is 6.99. The van der Waals surface area contributed by atoms with Gasteiger partial charge in [0.1, 0.15) is 18.3 Å². The van der Waals surface area contributed by atoms with Crippen molar-refractivity contribution >= 4 is 12.7 Å². The predicted octanol–water partition coefficient (Wildman–Crippen LogP) is 6.43. The number of aldehydes is 1. The molecule has 0 radical (unpaired) electrons. The molecule has 0 aliphatic heterocycles. The molecule has 254 valence electrons. The van der Waals surface area contributed by atoms with Crippen molar-refractivity contribution in [3.63, 3.8) is 0 Å². The van der Waals surface area contributed by atoms with Gasteiger partial charge in [-0.3, -0.25) is 4.79 Å². The fraction of sp³-hybridized carbons (Fsp3) is 0.447. The molecule has 1 amide bonds. The fourth-order valence-corrected chi connectivity index (χ4v) is 4.75. The van der Waals surface area contributed by atoms with Gasteiger partial charge in [0.15, 0.2) is 0 Å². The number of carbonyl (C=O) groups is 2. The van der Waals surface area contributed by atoms with Gasteiger partial charge in [0, 0.05) is 31.9 Å². The van der Waals surface area contributed by atoms with Crippen LogP contribution in [0.3, 0.4) is 0 Å². The summed E-state index contributed by atoms with van der Waals surface area (Å²) in [6.07, 6.45) is 11.7. The molecule has 0 spiro atoms. The zero-order valence-electron chi connectivity index (χ0n) is 29.1. The molecule has 2 unspecified atom stereocenters. The lowest BCUT2D eigenvalue weighted by Gasteiger charge is -2.40. The zero-order chi connectivity index (χ0) is 34.6. The van der Waals surface area contributed by atoms with Crippen LogP contribution >= 0.6 is 0 Å². The highest BCUT2D eigenvalue weighted by atomic mass is 19.1. The van der Waals surface area contributed by atoms with Crippen LogP contribution in [0.5, 0.6) is 0 Å². The number of unbranched alkanes of at least 4 members (excludes halogenated alkanes) is 1. The third-order valence-electron chi connectivity index (χ3n) is 6.99. The number of carbonyl (C=O) groups excluding carboxylic acids is 2. The van der Waals surface area contributed by atoms with Crippen molar-refractivity contribution in [3.05, 3.63) is 114 Å². The number of benzene rings is 2. The van der Waals surface area contributed by atoms with Crippen molar-refractivity contribution in [2.45, 2.75) is 71.6 Å². The average molecular weight is 636 g/mol. The van der Waals surface area contributed by atoms with Gasteiger partial charge in [0.05, 0.1) is 6.04 Å². The van der Waals surface area contributed by atoms with E-state index in [0.717, 1.165) is 49.9 Å². The van der Waals surface area contributed by atoms with Crippen LogP contribution < -0.4 is 16.0 Å². The summed E-state index contributed by atoms with van der Waals surface area (Å²) in [7, 11) is 5.75. The SMILES string of the molecule is C=C(CNC)N(C(CN(C)CC(C)c1ccccc1)NC=O)[C@H](C=O)CCCC.CC=C=C/C=C\C.CNCc1ccc(F)cc1. The fourth-order valence-electron chi connectivity index (χ4n) is 4.75. The lowest BCUT2D eigenvalue weighted by molar-refractivity contribution is -0.116. The first kappa shape index (κ1) is 42.2. The zero-order valence-corrected chi connectivity index (χ0v) is 29.1. The number of allylic oxidation sites excluding steroid dienone is 3. The Balaban J connectivity index is 0.000000962. The molecule has 2 rings (SSSR count). The molecule has 3 atom stereocenters. The van der Waals surface area contributed by atoms with E-state index in [9.17, 15) is 14.0 Å². The Morgan fingerprint density at radius 2 is 1.70 bits per heavy atom. The van der Waals surface area contributed by atoms with Crippen LogP contribution in [0.25, 0.3) is 0 Å². The number of hydrogen-bond donors (Lipinski definition) is 3. The second kappa shape index (κ2) is 27.5. The highest BCUT2D eigenvalue weighted by molar-refractivity contribution is 5.58. The Labute approximate surface area is 278 Å². The lowest BCUT2D eigenvalue weighted by Crippen LogP contribution is -2.56. The summed E-state index contributed by atoms with van der Waals surface area (Å²) in [6.45, 7) is 15.2. The molecular weight excluding hydrogens is 577 g/mol. The number of nitrogens with zero attached hydrogens (tertiary/aromatic N) is 2. The first-order valence-electron chi connectivity index (χ1n) is 16.1. The largest absolute Gasteiger partial charge is 0.343 e. The molecule has 0 aliphatic rings. The van der Waals surface area contributed by atoms with E-state index in [2.05, 4.69) is 71.3 Å². The van der Waals surface area contributed by atoms with Crippen LogP contribution in [-0.4, -0.2) is 75.5 Å². The summed E-state index contributed by atoms with van der Waals surface area (Å²) in [5.41, 5.74) is 6.09. The number of rotatable bonds is 19. The van der Waals surface area contributed by atoms with E-state index in [4.69, 9.17) is 0 Å². The maximum absolute atomic E-state index is 12.3. The summed E-state index contributed by atoms with van der Waals surface area (Å²) < 4.78 is 12.3. The Morgan fingerprint density at radius 1 is 1.02 bits per heavy atom. The van der Waals surface area contributed by atoms with Crippen molar-refractivity contribution in [1.29, 1.82) is 0 Å². The molecule has 0 aromatic heterocycles. The van der Waals surface area contributed by atoms with Crippen molar-refractivity contribution in [2.75, 3.05) is 40.8 Å². The first-order chi connectivity index (χ1) is 22.2. The number of hydrogen-bond acceptors (Lipinski definition) is 6. The highest BCUT2D eigenvalue weighted by Gasteiger charge is 2.28. The van der Waals surface area contributed by atoms with Gasteiger partial charge in [-0.25, -0.2) is 4.39 Å². The molecule has 7 nitrogen and oxygen atoms in total. The number of nitrogens with one attached hydrogen (secondary N) is 3. The number of halogens is 1. The van der Waals surface area contributed by atoms with Crippen LogP contribution in [0.15, 0.2) is 96.9 Å². The minimum absolute atomic E-state index is 0.181. The second-order valence-electron chi connectivity index (χ2n) is 11.0. The molecule has 0 saturated carbocycles. The minimum atomic E-state index is -0.326. The maximum atomic E-state index is 12.3. The molecule has 0 saturated heterocycles. The van der Waals surface area contributed by atoms with Crippen molar-refractivity contribution in [2.24, 2.45) is 0 Å². The van der Waals surface area contributed by atoms with Gasteiger partial charge in [0.2, 0.25) is 6.41 Å². The van der Waals surface area contributed by atoms with Crippen LogP contribution in [0.4, 0.5) is 4.39 Å². The van der Waals surface area contributed by atoms with Crippen LogP contribution in [0.2, 0.25) is 0 Å². The average Bonchev–Trinajstić information content (AvgIpc) is 3.05. The molecule has 2 aromatic rings. The Hall–Kier alpha value is -3.81. The van der Waals surface area contributed by atoms with Gasteiger partial charge in [-0.15, -0.1) is 5.73 Å². The molecule has 3 N–H and O–H groups in total. The third kappa shape index (κ3) is 18.9. The van der Waals surface area contributed by atoms with Crippen LogP contribution in [0, 0.1) is 5.82 Å². The van der Waals surface area contributed by atoms with E-state index in [1.165, 1.54) is 17.7 Å². The monoisotopic (exact) mass is 635 g/mol. The summed E-state index contributed by atoms with van der Waals surface area (Å²) in [4.78, 5) is 27.4. The summed E-state index contributed by atoms with van der Waals surface area (Å²) >= 11 is 0. The standard InChI is InChI=1S/C23H38N4O2.C8H10FN.C7H10/c1-6-7-13-22(17-28)27(20(3)14-24-4)23(25-18-29)16-26(5)15-19(2)21-11-9-8-10-12-21;1-10-6-7-2-4-8(9)5-3-7;1-3-5-7-6-4-2/h8-12,17-19,22-24H,3,6-7,13-16H2,1-2,4-5H3,(H,25,29);2-5,10H,6H2,1H3;3-5,7H,1-2H3/b;;5-3-/t19?,22-,23?;;/m0../s1. The molecule has 8 heteroatoms. The van der Waals surface area contributed by atoms with E-state index in [1.54, 1.807) is 12.1 Å². The number of amides is 1. The van der Waals surface area contributed by atoms with E-state index in [0.29, 0.717) is 25.4 Å². The van der Waals surface area contributed by atoms with E-state index in [-0.39, 0.29) is 18.0 Å². The second-order valence-corrected chi connectivity index (χ2v) is 11.0. The summed E-state index contributed by atoms with van der Waals surface area (Å²) in [5.74, 6) is 0.175. The van der Waals surface area contributed by atoms with Crippen LogP contribution in [-0.2, 0) is 16.1 Å². The Morgan fingerprint density at radius 3 is 2.22 bits per heavy atom. The quantitative estimate of drug-likeness (QED) is 0.0716. The van der Waals surface area contributed by atoms with Crippen molar-refractivity contribution < 1.29 is 14.0 Å². The van der Waals surface area contributed by atoms with Crippen molar-refractivity contribution in [1.82, 2.24) is 25.8 Å². The van der Waals surface area contributed by atoms with Gasteiger partial charge >= 0.3 is 0 Å². The van der Waals surface area contributed by atoms with E-state index >= 15 is 0 Å². The molecule has 46 heavy (non-hydrogen) atoms. The molecule has 0 fully saturated rings. The highest BCUT2D eigenvalue weighted by Crippen LogP contribution is 2.19. The predicted molar refractivity (Wildman–Crippen MR) is 192 cm³/mol. The van der Waals surface area contributed by atoms with Gasteiger partial charge in [-0.1, -0.05) is 87.9 Å². The van der Waals surface area contributed by atoms with Crippen LogP contribution in [0.1, 0.15) is 64.0 Å². The molecule has 0 heterocycles. The topological polar surface area (TPSA) is 76.7 Å². The Kier molecular flexibility index (Phi) is 25.2.